The number of allylic oxidation sites excluding steroid dienone is 1. The molecular formula is C26H29N3O6S. The zero-order valence-electron chi connectivity index (χ0n) is 20.2. The van der Waals surface area contributed by atoms with Crippen LogP contribution in [0.5, 0.6) is 5.75 Å². The third-order valence-electron chi connectivity index (χ3n) is 8.57. The summed E-state index contributed by atoms with van der Waals surface area (Å²) in [5, 5.41) is 35.0. The number of thiazole rings is 1. The molecule has 3 aliphatic carbocycles. The first-order valence-electron chi connectivity index (χ1n) is 12.3. The van der Waals surface area contributed by atoms with E-state index >= 15 is 0 Å². The fourth-order valence-corrected chi connectivity index (χ4v) is 7.74. The van der Waals surface area contributed by atoms with Gasteiger partial charge >= 0.3 is 5.69 Å². The quantitative estimate of drug-likeness (QED) is 0.217. The third-order valence-corrected chi connectivity index (χ3v) is 9.40. The van der Waals surface area contributed by atoms with E-state index in [0.717, 1.165) is 28.7 Å². The number of nitro groups is 1. The molecule has 1 amide bonds. The lowest BCUT2D eigenvalue weighted by Crippen LogP contribution is -2.44. The molecule has 0 saturated heterocycles. The number of aliphatic hydroxyl groups is 1. The fraction of sp³-hybridized carbons (Fsp3) is 0.500. The van der Waals surface area contributed by atoms with Crippen molar-refractivity contribution in [3.05, 3.63) is 56.3 Å². The molecule has 36 heavy (non-hydrogen) atoms. The van der Waals surface area contributed by atoms with Gasteiger partial charge in [-0.3, -0.25) is 19.7 Å². The number of aromatic hydroxyl groups is 1. The Bertz CT molecular complexity index is 1290. The van der Waals surface area contributed by atoms with Crippen molar-refractivity contribution in [2.24, 2.45) is 23.2 Å². The predicted molar refractivity (Wildman–Crippen MR) is 134 cm³/mol. The van der Waals surface area contributed by atoms with Crippen LogP contribution in [0.25, 0.3) is 0 Å². The van der Waals surface area contributed by atoms with Crippen molar-refractivity contribution in [2.45, 2.75) is 58.3 Å². The number of phenolic OH excluding ortho intramolecular Hbond substituents is 1. The number of aryl methyl sites for hydroxylation is 2. The molecule has 0 aliphatic heterocycles. The summed E-state index contributed by atoms with van der Waals surface area (Å²) in [5.41, 5.74) is 1.22. The topological polar surface area (TPSA) is 143 Å². The van der Waals surface area contributed by atoms with Gasteiger partial charge in [-0.05, 0) is 79.9 Å². The summed E-state index contributed by atoms with van der Waals surface area (Å²) in [6, 6.07) is 3.01. The van der Waals surface area contributed by atoms with Gasteiger partial charge in [0.25, 0.3) is 0 Å². The van der Waals surface area contributed by atoms with E-state index in [0.29, 0.717) is 36.4 Å². The highest BCUT2D eigenvalue weighted by Crippen LogP contribution is 2.63. The molecule has 10 heteroatoms. The van der Waals surface area contributed by atoms with Gasteiger partial charge in [0.05, 0.1) is 11.2 Å². The SMILES string of the molecule is Cc1cnc(NC(=O)CC[C@@H]2C(=CO)C(=O)[C@@]3(C)CCC4c5cc([N+](=O)[O-])c(O)cc5CCC4C23)s1. The van der Waals surface area contributed by atoms with Gasteiger partial charge in [-0.15, -0.1) is 11.3 Å². The molecular weight excluding hydrogens is 482 g/mol. The first kappa shape index (κ1) is 24.4. The number of ketones is 1. The standard InChI is InChI=1S/C26H29N3O6S/c1-13-11-27-25(36-13)28-22(32)6-5-17-19(12-30)24(33)26(2)8-7-15-16(23(17)26)4-3-14-9-21(31)20(29(34)35)10-18(14)15/h9-12,15-17,23,30-31H,3-8H2,1-2H3,(H,27,28,32)/t15?,16?,17-,23?,26+/m1/s1. The summed E-state index contributed by atoms with van der Waals surface area (Å²) in [6.45, 7) is 3.88. The van der Waals surface area contributed by atoms with E-state index in [1.807, 2.05) is 13.8 Å². The number of benzene rings is 1. The number of aliphatic hydroxyl groups excluding tert-OH is 1. The number of hydrogen-bond donors (Lipinski definition) is 3. The Morgan fingerprint density at radius 1 is 1.39 bits per heavy atom. The Hall–Kier alpha value is -3.27. The Kier molecular flexibility index (Phi) is 6.10. The number of fused-ring (bicyclic) bond motifs is 5. The first-order valence-corrected chi connectivity index (χ1v) is 13.1. The molecule has 5 atom stereocenters. The molecule has 0 radical (unpaired) electrons. The second-order valence-electron chi connectivity index (χ2n) is 10.5. The van der Waals surface area contributed by atoms with Gasteiger partial charge in [-0.1, -0.05) is 6.92 Å². The molecule has 2 saturated carbocycles. The lowest BCUT2D eigenvalue weighted by Gasteiger charge is -2.49. The van der Waals surface area contributed by atoms with Crippen molar-refractivity contribution < 1.29 is 24.7 Å². The third kappa shape index (κ3) is 3.87. The van der Waals surface area contributed by atoms with Crippen molar-refractivity contribution >= 4 is 33.8 Å². The first-order chi connectivity index (χ1) is 17.1. The maximum Gasteiger partial charge on any atom is 0.310 e. The minimum Gasteiger partial charge on any atom is -0.515 e. The highest BCUT2D eigenvalue weighted by atomic mass is 32.1. The molecule has 190 valence electrons. The summed E-state index contributed by atoms with van der Waals surface area (Å²) < 4.78 is 0. The van der Waals surface area contributed by atoms with Gasteiger partial charge in [0.2, 0.25) is 5.91 Å². The predicted octanol–water partition coefficient (Wildman–Crippen LogP) is 5.19. The molecule has 1 aromatic heterocycles. The number of amides is 1. The number of aromatic nitrogens is 1. The van der Waals surface area contributed by atoms with E-state index < -0.39 is 10.3 Å². The second kappa shape index (κ2) is 8.99. The lowest BCUT2D eigenvalue weighted by molar-refractivity contribution is -0.386. The van der Waals surface area contributed by atoms with Crippen LogP contribution in [-0.4, -0.2) is 31.8 Å². The smallest absolute Gasteiger partial charge is 0.310 e. The van der Waals surface area contributed by atoms with Gasteiger partial charge in [0, 0.05) is 34.5 Å². The molecule has 0 spiro atoms. The van der Waals surface area contributed by atoms with Crippen LogP contribution in [0.15, 0.2) is 30.2 Å². The Balaban J connectivity index is 1.44. The van der Waals surface area contributed by atoms with E-state index in [9.17, 15) is 29.9 Å². The number of carbonyl (C=O) groups is 2. The number of carbonyl (C=O) groups excluding carboxylic acids is 2. The number of nitro benzene ring substituents is 1. The Morgan fingerprint density at radius 2 is 2.17 bits per heavy atom. The van der Waals surface area contributed by atoms with Crippen molar-refractivity contribution in [3.8, 4) is 5.75 Å². The van der Waals surface area contributed by atoms with Crippen molar-refractivity contribution in [2.75, 3.05) is 5.32 Å². The monoisotopic (exact) mass is 511 g/mol. The van der Waals surface area contributed by atoms with Crippen molar-refractivity contribution in [1.29, 1.82) is 0 Å². The van der Waals surface area contributed by atoms with Crippen molar-refractivity contribution in [1.82, 2.24) is 4.98 Å². The van der Waals surface area contributed by atoms with Crippen LogP contribution < -0.4 is 5.32 Å². The second-order valence-corrected chi connectivity index (χ2v) is 11.7. The maximum atomic E-state index is 13.5. The summed E-state index contributed by atoms with van der Waals surface area (Å²) in [7, 11) is 0. The lowest BCUT2D eigenvalue weighted by atomic mass is 9.54. The Labute approximate surface area is 212 Å². The van der Waals surface area contributed by atoms with Crippen LogP contribution in [0.2, 0.25) is 0 Å². The van der Waals surface area contributed by atoms with E-state index in [1.54, 1.807) is 6.20 Å². The molecule has 3 N–H and O–H groups in total. The number of Topliss-reactive ketones (excluding diaryl/α,β-unsaturated/α-hetero) is 1. The highest BCUT2D eigenvalue weighted by molar-refractivity contribution is 7.15. The summed E-state index contributed by atoms with van der Waals surface area (Å²) in [6.07, 6.45) is 5.96. The number of anilines is 1. The normalized spacial score (nSPS) is 29.9. The zero-order chi connectivity index (χ0) is 25.8. The number of rotatable bonds is 5. The van der Waals surface area contributed by atoms with Crippen LogP contribution in [0, 0.1) is 40.2 Å². The van der Waals surface area contributed by atoms with Crippen LogP contribution in [0.1, 0.15) is 60.9 Å². The van der Waals surface area contributed by atoms with Crippen LogP contribution in [0.3, 0.4) is 0 Å². The maximum absolute atomic E-state index is 13.5. The molecule has 0 bridgehead atoms. The van der Waals surface area contributed by atoms with Gasteiger partial charge in [-0.25, -0.2) is 4.98 Å². The number of nitrogens with zero attached hydrogens (tertiary/aromatic N) is 2. The van der Waals surface area contributed by atoms with Crippen LogP contribution in [-0.2, 0) is 16.0 Å². The Morgan fingerprint density at radius 3 is 2.83 bits per heavy atom. The van der Waals surface area contributed by atoms with E-state index in [2.05, 4.69) is 10.3 Å². The van der Waals surface area contributed by atoms with E-state index in [-0.39, 0.29) is 53.2 Å². The van der Waals surface area contributed by atoms with Gasteiger partial charge in [0.1, 0.15) is 0 Å². The average Bonchev–Trinajstić information content (AvgIpc) is 3.34. The van der Waals surface area contributed by atoms with Crippen LogP contribution in [0.4, 0.5) is 10.8 Å². The molecule has 5 rings (SSSR count). The van der Waals surface area contributed by atoms with Gasteiger partial charge in [0.15, 0.2) is 16.7 Å². The summed E-state index contributed by atoms with van der Waals surface area (Å²) in [4.78, 5) is 42.2. The minimum atomic E-state index is -0.649. The molecule has 2 aromatic rings. The van der Waals surface area contributed by atoms with Crippen LogP contribution >= 0.6 is 11.3 Å². The minimum absolute atomic E-state index is 0.0200. The number of hydrogen-bond acceptors (Lipinski definition) is 8. The molecule has 2 fully saturated rings. The van der Waals surface area contributed by atoms with Gasteiger partial charge in [-0.2, -0.15) is 0 Å². The highest BCUT2D eigenvalue weighted by Gasteiger charge is 2.60. The molecule has 3 unspecified atom stereocenters. The average molecular weight is 512 g/mol. The van der Waals surface area contributed by atoms with Crippen molar-refractivity contribution in [3.63, 3.8) is 0 Å². The van der Waals surface area contributed by atoms with Gasteiger partial charge < -0.3 is 15.5 Å². The molecule has 1 aromatic carbocycles. The summed E-state index contributed by atoms with van der Waals surface area (Å²) >= 11 is 1.40. The molecule has 1 heterocycles. The molecule has 9 nitrogen and oxygen atoms in total. The van der Waals surface area contributed by atoms with E-state index in [1.165, 1.54) is 23.5 Å². The molecule has 3 aliphatic rings. The largest absolute Gasteiger partial charge is 0.515 e. The fourth-order valence-electron chi connectivity index (χ4n) is 7.06. The summed E-state index contributed by atoms with van der Waals surface area (Å²) in [5.74, 6) is -0.829. The number of phenols is 1. The number of nitrogens with one attached hydrogen (secondary N) is 1. The zero-order valence-corrected chi connectivity index (χ0v) is 21.0. The van der Waals surface area contributed by atoms with E-state index in [4.69, 9.17) is 0 Å².